The van der Waals surface area contributed by atoms with Crippen molar-refractivity contribution in [2.24, 2.45) is 0 Å². The van der Waals surface area contributed by atoms with Gasteiger partial charge in [0.25, 0.3) is 0 Å². The average Bonchev–Trinajstić information content (AvgIpc) is 3.38. The number of piperazine rings is 1. The number of amides is 1. The lowest BCUT2D eigenvalue weighted by atomic mass is 10.1. The Hall–Kier alpha value is -4.26. The number of benzene rings is 1. The third-order valence-electron chi connectivity index (χ3n) is 6.96. The second-order valence-corrected chi connectivity index (χ2v) is 9.73. The molecule has 1 aliphatic rings. The van der Waals surface area contributed by atoms with Gasteiger partial charge in [0.15, 0.2) is 11.6 Å². The summed E-state index contributed by atoms with van der Waals surface area (Å²) < 4.78 is 20.3. The second-order valence-electron chi connectivity index (χ2n) is 9.73. The summed E-state index contributed by atoms with van der Waals surface area (Å²) >= 11 is 0. The minimum atomic E-state index is -0.596. The van der Waals surface area contributed by atoms with Crippen LogP contribution < -0.4 is 10.6 Å². The van der Waals surface area contributed by atoms with Gasteiger partial charge in [-0.1, -0.05) is 12.1 Å². The van der Waals surface area contributed by atoms with Crippen molar-refractivity contribution in [1.29, 1.82) is 0 Å². The Morgan fingerprint density at radius 3 is 2.62 bits per heavy atom. The van der Waals surface area contributed by atoms with Gasteiger partial charge in [0.05, 0.1) is 35.9 Å². The van der Waals surface area contributed by atoms with Gasteiger partial charge in [0.1, 0.15) is 17.4 Å². The number of anilines is 3. The molecule has 1 fully saturated rings. The van der Waals surface area contributed by atoms with E-state index in [0.29, 0.717) is 33.5 Å². The number of carbonyl (C=O) groups is 2. The van der Waals surface area contributed by atoms with Crippen molar-refractivity contribution in [3.8, 4) is 11.3 Å². The van der Waals surface area contributed by atoms with Crippen molar-refractivity contribution >= 4 is 39.9 Å². The van der Waals surface area contributed by atoms with Crippen LogP contribution in [0.3, 0.4) is 0 Å². The molecule has 12 heteroatoms. The van der Waals surface area contributed by atoms with Crippen molar-refractivity contribution in [3.05, 3.63) is 60.4 Å². The first kappa shape index (κ1) is 27.3. The standard InChI is InChI=1S/C28H31FN8O3/c1-17(38)22-8-7-18(13-30-22)33-28-32-15-21(29)25(35-28)20-14-31-26-19(20)5-4-6-23(26)34-27(39)24(16-40-3)37-11-9-36(2)10-12-37/h4-8,13-15,24,31H,9-12,16H2,1-3H3,(H,34,39)(H,32,33,35). The van der Waals surface area contributed by atoms with E-state index in [2.05, 4.69) is 47.4 Å². The summed E-state index contributed by atoms with van der Waals surface area (Å²) in [5.74, 6) is -0.738. The smallest absolute Gasteiger partial charge is 0.244 e. The van der Waals surface area contributed by atoms with E-state index < -0.39 is 11.9 Å². The number of Topliss-reactive ketones (excluding diaryl/α,β-unsaturated/α-hetero) is 1. The van der Waals surface area contributed by atoms with Gasteiger partial charge in [-0.05, 0) is 25.2 Å². The van der Waals surface area contributed by atoms with Crippen LogP contribution in [0, 0.1) is 5.82 Å². The van der Waals surface area contributed by atoms with E-state index in [9.17, 15) is 14.0 Å². The number of aromatic nitrogens is 4. The summed E-state index contributed by atoms with van der Waals surface area (Å²) in [5, 5.41) is 6.72. The minimum absolute atomic E-state index is 0.0928. The molecule has 1 atom stereocenters. The van der Waals surface area contributed by atoms with E-state index >= 15 is 0 Å². The number of pyridine rings is 1. The second kappa shape index (κ2) is 11.9. The molecule has 4 heterocycles. The molecule has 40 heavy (non-hydrogen) atoms. The van der Waals surface area contributed by atoms with Gasteiger partial charge in [0, 0.05) is 57.4 Å². The Balaban J connectivity index is 1.39. The number of ketones is 1. The lowest BCUT2D eigenvalue weighted by molar-refractivity contribution is -0.124. The highest BCUT2D eigenvalue weighted by Gasteiger charge is 2.29. The largest absolute Gasteiger partial charge is 0.383 e. The minimum Gasteiger partial charge on any atom is -0.383 e. The highest BCUT2D eigenvalue weighted by Crippen LogP contribution is 2.33. The molecule has 5 rings (SSSR count). The fourth-order valence-corrected chi connectivity index (χ4v) is 4.73. The van der Waals surface area contributed by atoms with Crippen LogP contribution in [0.1, 0.15) is 17.4 Å². The molecular formula is C28H31FN8O3. The van der Waals surface area contributed by atoms with Gasteiger partial charge < -0.3 is 25.3 Å². The molecule has 0 saturated carbocycles. The summed E-state index contributed by atoms with van der Waals surface area (Å²) in [6.07, 6.45) is 4.24. The fourth-order valence-electron chi connectivity index (χ4n) is 4.73. The zero-order valence-electron chi connectivity index (χ0n) is 22.6. The monoisotopic (exact) mass is 546 g/mol. The molecule has 1 aliphatic heterocycles. The number of hydrogen-bond donors (Lipinski definition) is 3. The molecule has 0 bridgehead atoms. The van der Waals surface area contributed by atoms with Gasteiger partial charge in [-0.2, -0.15) is 0 Å². The molecule has 4 aromatic rings. The lowest BCUT2D eigenvalue weighted by Gasteiger charge is -2.36. The van der Waals surface area contributed by atoms with E-state index in [1.807, 2.05) is 6.07 Å². The van der Waals surface area contributed by atoms with Crippen molar-refractivity contribution in [3.63, 3.8) is 0 Å². The molecule has 1 amide bonds. The van der Waals surface area contributed by atoms with Crippen LogP contribution >= 0.6 is 0 Å². The van der Waals surface area contributed by atoms with Crippen molar-refractivity contribution in [1.82, 2.24) is 29.7 Å². The van der Waals surface area contributed by atoms with Crippen molar-refractivity contribution in [2.45, 2.75) is 13.0 Å². The van der Waals surface area contributed by atoms with E-state index in [-0.39, 0.29) is 29.9 Å². The van der Waals surface area contributed by atoms with Crippen LogP contribution in [0.4, 0.5) is 21.7 Å². The third kappa shape index (κ3) is 5.83. The number of para-hydroxylation sites is 1. The number of likely N-dealkylation sites (N-methyl/N-ethyl adjacent to an activating group) is 1. The summed E-state index contributed by atoms with van der Waals surface area (Å²) in [7, 11) is 3.65. The van der Waals surface area contributed by atoms with Gasteiger partial charge in [0.2, 0.25) is 11.9 Å². The van der Waals surface area contributed by atoms with E-state index in [4.69, 9.17) is 4.74 Å². The number of ether oxygens (including phenoxy) is 1. The number of methoxy groups -OCH3 is 1. The van der Waals surface area contributed by atoms with Crippen molar-refractivity contribution < 1.29 is 18.7 Å². The summed E-state index contributed by atoms with van der Waals surface area (Å²) in [4.78, 5) is 44.9. The molecule has 0 radical (unpaired) electrons. The van der Waals surface area contributed by atoms with Gasteiger partial charge >= 0.3 is 0 Å². The van der Waals surface area contributed by atoms with Gasteiger partial charge in [-0.25, -0.2) is 14.4 Å². The Bertz CT molecular complexity index is 1520. The maximum absolute atomic E-state index is 15.0. The highest BCUT2D eigenvalue weighted by molar-refractivity contribution is 6.06. The molecule has 11 nitrogen and oxygen atoms in total. The maximum atomic E-state index is 15.0. The molecule has 1 aromatic carbocycles. The number of halogens is 1. The Morgan fingerprint density at radius 2 is 1.93 bits per heavy atom. The SMILES string of the molecule is COCC(C(=O)Nc1cccc2c(-c3nc(Nc4ccc(C(C)=O)nc4)ncc3F)c[nH]c12)N1CCN(C)CC1. The molecule has 1 unspecified atom stereocenters. The zero-order valence-corrected chi connectivity index (χ0v) is 22.6. The summed E-state index contributed by atoms with van der Waals surface area (Å²) in [6.45, 7) is 5.02. The lowest BCUT2D eigenvalue weighted by Crippen LogP contribution is -2.54. The van der Waals surface area contributed by atoms with Gasteiger partial charge in [-0.15, -0.1) is 0 Å². The number of H-pyrrole nitrogens is 1. The number of carbonyl (C=O) groups excluding carboxylic acids is 2. The normalized spacial score (nSPS) is 15.2. The Morgan fingerprint density at radius 1 is 1.12 bits per heavy atom. The first-order valence-corrected chi connectivity index (χ1v) is 12.9. The molecule has 0 spiro atoms. The number of nitrogens with one attached hydrogen (secondary N) is 3. The number of nitrogens with zero attached hydrogens (tertiary/aromatic N) is 5. The number of aromatic amines is 1. The number of fused-ring (bicyclic) bond motifs is 1. The van der Waals surface area contributed by atoms with Crippen LogP contribution in [0.5, 0.6) is 0 Å². The molecule has 3 aromatic heterocycles. The van der Waals surface area contributed by atoms with Crippen LogP contribution in [-0.2, 0) is 9.53 Å². The fraction of sp³-hybridized carbons (Fsp3) is 0.321. The molecule has 1 saturated heterocycles. The molecule has 208 valence electrons. The average molecular weight is 547 g/mol. The summed E-state index contributed by atoms with van der Waals surface area (Å²) in [5.41, 5.74) is 2.73. The topological polar surface area (TPSA) is 128 Å². The maximum Gasteiger partial charge on any atom is 0.244 e. The van der Waals surface area contributed by atoms with Crippen LogP contribution in [0.25, 0.3) is 22.2 Å². The molecular weight excluding hydrogens is 515 g/mol. The van der Waals surface area contributed by atoms with Crippen LogP contribution in [-0.4, -0.2) is 94.4 Å². The van der Waals surface area contributed by atoms with E-state index in [1.165, 1.54) is 13.1 Å². The number of hydrogen-bond acceptors (Lipinski definition) is 9. The quantitative estimate of drug-likeness (QED) is 0.271. The predicted molar refractivity (Wildman–Crippen MR) is 150 cm³/mol. The first-order valence-electron chi connectivity index (χ1n) is 12.9. The highest BCUT2D eigenvalue weighted by atomic mass is 19.1. The predicted octanol–water partition coefficient (Wildman–Crippen LogP) is 3.31. The van der Waals surface area contributed by atoms with Gasteiger partial charge in [-0.3, -0.25) is 19.5 Å². The zero-order chi connectivity index (χ0) is 28.2. The molecule has 0 aliphatic carbocycles. The molecule has 3 N–H and O–H groups in total. The van der Waals surface area contributed by atoms with Crippen LogP contribution in [0.2, 0.25) is 0 Å². The van der Waals surface area contributed by atoms with E-state index in [1.54, 1.807) is 37.6 Å². The van der Waals surface area contributed by atoms with Crippen molar-refractivity contribution in [2.75, 3.05) is 57.6 Å². The van der Waals surface area contributed by atoms with E-state index in [0.717, 1.165) is 32.4 Å². The third-order valence-corrected chi connectivity index (χ3v) is 6.96. The Labute approximate surface area is 230 Å². The first-order chi connectivity index (χ1) is 19.3. The van der Waals surface area contributed by atoms with Crippen LogP contribution in [0.15, 0.2) is 48.9 Å². The number of rotatable bonds is 9. The summed E-state index contributed by atoms with van der Waals surface area (Å²) in [6, 6.07) is 8.27. The Kier molecular flexibility index (Phi) is 8.10.